The van der Waals surface area contributed by atoms with E-state index in [1.165, 1.54) is 210 Å². The molecule has 0 aromatic heterocycles. The summed E-state index contributed by atoms with van der Waals surface area (Å²) in [5.74, 6) is 0. The van der Waals surface area contributed by atoms with Crippen LogP contribution in [-0.2, 0) is 9.47 Å². The maximum Gasteiger partial charge on any atom is 0.102 e. The van der Waals surface area contributed by atoms with E-state index >= 15 is 0 Å². The van der Waals surface area contributed by atoms with Crippen molar-refractivity contribution < 1.29 is 14.0 Å². The first-order valence-electron chi connectivity index (χ1n) is 22.0. The summed E-state index contributed by atoms with van der Waals surface area (Å²) < 4.78 is 13.3. The minimum Gasteiger partial charge on any atom is -0.381 e. The molecule has 0 spiro atoms. The van der Waals surface area contributed by atoms with E-state index in [9.17, 15) is 0 Å². The van der Waals surface area contributed by atoms with Crippen LogP contribution >= 0.6 is 0 Å². The second-order valence-electron chi connectivity index (χ2n) is 14.9. The van der Waals surface area contributed by atoms with Crippen molar-refractivity contribution in [3.05, 3.63) is 24.3 Å². The molecule has 0 unspecified atom stereocenters. The fourth-order valence-electron chi connectivity index (χ4n) is 6.84. The molecule has 0 fully saturated rings. The molecule has 3 heteroatoms. The van der Waals surface area contributed by atoms with Crippen LogP contribution in [-0.4, -0.2) is 57.1 Å². The van der Waals surface area contributed by atoms with Gasteiger partial charge in [-0.2, -0.15) is 0 Å². The number of hydrogen-bond acceptors (Lipinski definition) is 2. The summed E-state index contributed by atoms with van der Waals surface area (Å²) in [6.07, 6.45) is 48.9. The predicted molar refractivity (Wildman–Crippen MR) is 216 cm³/mol. The largest absolute Gasteiger partial charge is 0.381 e. The van der Waals surface area contributed by atoms with Gasteiger partial charge in [-0.15, -0.1) is 0 Å². The summed E-state index contributed by atoms with van der Waals surface area (Å²) in [6.45, 7) is 17.8. The molecule has 0 atom stereocenters. The van der Waals surface area contributed by atoms with Gasteiger partial charge in [-0.25, -0.2) is 0 Å². The summed E-state index contributed by atoms with van der Waals surface area (Å²) in [5, 5.41) is 0. The summed E-state index contributed by atoms with van der Waals surface area (Å²) in [5.41, 5.74) is 0. The molecule has 0 aliphatic heterocycles. The zero-order chi connectivity index (χ0) is 34.9. The van der Waals surface area contributed by atoms with Gasteiger partial charge in [0.25, 0.3) is 0 Å². The molecule has 286 valence electrons. The Bertz CT molecular complexity index is 641. The molecule has 48 heavy (non-hydrogen) atoms. The highest BCUT2D eigenvalue weighted by molar-refractivity contribution is 4.82. The maximum atomic E-state index is 6.10. The monoisotopic (exact) mass is 677 g/mol. The SMILES string of the molecule is CCCCCCCCC=CCCCCCCCCOCCC[N+](CC)(CC)CCOCCCCCCCCC=CCCCCCCCC. The van der Waals surface area contributed by atoms with Gasteiger partial charge in [0.2, 0.25) is 0 Å². The van der Waals surface area contributed by atoms with Gasteiger partial charge in [-0.05, 0) is 78.1 Å². The van der Waals surface area contributed by atoms with Gasteiger partial charge in [0.05, 0.1) is 32.8 Å². The fourth-order valence-corrected chi connectivity index (χ4v) is 6.84. The normalized spacial score (nSPS) is 12.3. The third-order valence-electron chi connectivity index (χ3n) is 10.6. The molecule has 0 heterocycles. The highest BCUT2D eigenvalue weighted by Gasteiger charge is 2.22. The van der Waals surface area contributed by atoms with E-state index in [-0.39, 0.29) is 0 Å². The zero-order valence-electron chi connectivity index (χ0n) is 33.7. The van der Waals surface area contributed by atoms with Crippen LogP contribution in [0.3, 0.4) is 0 Å². The van der Waals surface area contributed by atoms with Gasteiger partial charge in [-0.1, -0.05) is 154 Å². The number of likely N-dealkylation sites (N-methyl/N-ethyl adjacent to an activating group) is 1. The lowest BCUT2D eigenvalue weighted by Crippen LogP contribution is -2.50. The summed E-state index contributed by atoms with van der Waals surface area (Å²) in [6, 6.07) is 0. The number of hydrogen-bond donors (Lipinski definition) is 0. The molecular weight excluding hydrogens is 587 g/mol. The highest BCUT2D eigenvalue weighted by Crippen LogP contribution is 2.13. The minimum absolute atomic E-state index is 0.906. The first-order chi connectivity index (χ1) is 23.7. The Labute approximate surface area is 304 Å². The van der Waals surface area contributed by atoms with E-state index in [0.29, 0.717) is 0 Å². The Morgan fingerprint density at radius 3 is 1.00 bits per heavy atom. The second-order valence-corrected chi connectivity index (χ2v) is 14.9. The molecule has 0 radical (unpaired) electrons. The number of quaternary nitrogens is 1. The summed E-state index contributed by atoms with van der Waals surface area (Å²) in [7, 11) is 0. The van der Waals surface area contributed by atoms with Crippen LogP contribution in [0, 0.1) is 0 Å². The molecule has 0 aliphatic rings. The Morgan fingerprint density at radius 2 is 0.625 bits per heavy atom. The van der Waals surface area contributed by atoms with E-state index in [2.05, 4.69) is 52.0 Å². The molecule has 0 amide bonds. The lowest BCUT2D eigenvalue weighted by atomic mass is 10.1. The zero-order valence-corrected chi connectivity index (χ0v) is 33.7. The Kier molecular flexibility index (Phi) is 40.2. The van der Waals surface area contributed by atoms with Crippen molar-refractivity contribution in [1.82, 2.24) is 0 Å². The summed E-state index contributed by atoms with van der Waals surface area (Å²) in [4.78, 5) is 0. The van der Waals surface area contributed by atoms with Crippen LogP contribution in [0.15, 0.2) is 24.3 Å². The lowest BCUT2D eigenvalue weighted by molar-refractivity contribution is -0.925. The highest BCUT2D eigenvalue weighted by atomic mass is 16.5. The van der Waals surface area contributed by atoms with Gasteiger partial charge in [0.15, 0.2) is 0 Å². The fraction of sp³-hybridized carbons (Fsp3) is 0.911. The van der Waals surface area contributed by atoms with Crippen LogP contribution in [0.2, 0.25) is 0 Å². The Morgan fingerprint density at radius 1 is 0.312 bits per heavy atom. The van der Waals surface area contributed by atoms with Crippen molar-refractivity contribution in [3.63, 3.8) is 0 Å². The van der Waals surface area contributed by atoms with Gasteiger partial charge < -0.3 is 14.0 Å². The van der Waals surface area contributed by atoms with Crippen molar-refractivity contribution >= 4 is 0 Å². The first-order valence-corrected chi connectivity index (χ1v) is 22.0. The van der Waals surface area contributed by atoms with E-state index in [1.54, 1.807) is 0 Å². The number of ether oxygens (including phenoxy) is 2. The van der Waals surface area contributed by atoms with Gasteiger partial charge in [0, 0.05) is 19.6 Å². The molecule has 0 aromatic rings. The number of unbranched alkanes of at least 4 members (excludes halogenated alkanes) is 24. The van der Waals surface area contributed by atoms with Crippen molar-refractivity contribution in [3.8, 4) is 0 Å². The van der Waals surface area contributed by atoms with Gasteiger partial charge in [0.1, 0.15) is 6.54 Å². The molecule has 0 rings (SSSR count). The van der Waals surface area contributed by atoms with Crippen molar-refractivity contribution in [2.75, 3.05) is 52.6 Å². The van der Waals surface area contributed by atoms with Crippen molar-refractivity contribution in [2.45, 2.75) is 214 Å². The topological polar surface area (TPSA) is 18.5 Å². The third kappa shape index (κ3) is 35.2. The smallest absolute Gasteiger partial charge is 0.102 e. The van der Waals surface area contributed by atoms with E-state index in [4.69, 9.17) is 9.47 Å². The van der Waals surface area contributed by atoms with Crippen LogP contribution < -0.4 is 0 Å². The number of allylic oxidation sites excluding steroid dienone is 4. The van der Waals surface area contributed by atoms with Gasteiger partial charge >= 0.3 is 0 Å². The van der Waals surface area contributed by atoms with Crippen LogP contribution in [0.5, 0.6) is 0 Å². The molecule has 0 saturated carbocycles. The number of nitrogens with zero attached hydrogens (tertiary/aromatic N) is 1. The first kappa shape index (κ1) is 47.4. The number of rotatable bonds is 41. The average Bonchev–Trinajstić information content (AvgIpc) is 3.11. The molecule has 0 aromatic carbocycles. The van der Waals surface area contributed by atoms with E-state index < -0.39 is 0 Å². The van der Waals surface area contributed by atoms with Crippen molar-refractivity contribution in [2.24, 2.45) is 0 Å². The third-order valence-corrected chi connectivity index (χ3v) is 10.6. The summed E-state index contributed by atoms with van der Waals surface area (Å²) >= 11 is 0. The minimum atomic E-state index is 0.906. The Hall–Kier alpha value is -0.640. The van der Waals surface area contributed by atoms with Crippen LogP contribution in [0.25, 0.3) is 0 Å². The molecular formula is C45H90NO2+. The maximum absolute atomic E-state index is 6.10. The van der Waals surface area contributed by atoms with Crippen LogP contribution in [0.1, 0.15) is 214 Å². The van der Waals surface area contributed by atoms with Gasteiger partial charge in [-0.3, -0.25) is 0 Å². The quantitative estimate of drug-likeness (QED) is 0.0364. The van der Waals surface area contributed by atoms with Crippen LogP contribution in [0.4, 0.5) is 0 Å². The van der Waals surface area contributed by atoms with E-state index in [1.807, 2.05) is 0 Å². The lowest BCUT2D eigenvalue weighted by Gasteiger charge is -2.37. The Balaban J connectivity index is 3.52. The van der Waals surface area contributed by atoms with Crippen molar-refractivity contribution in [1.29, 1.82) is 0 Å². The molecule has 3 nitrogen and oxygen atoms in total. The molecule has 0 bridgehead atoms. The predicted octanol–water partition coefficient (Wildman–Crippen LogP) is 14.3. The average molecular weight is 677 g/mol. The molecule has 0 N–H and O–H groups in total. The van der Waals surface area contributed by atoms with E-state index in [0.717, 1.165) is 33.0 Å². The standard InChI is InChI=1S/C45H90NO2/c1-5-9-11-13-15-17-19-21-23-25-27-29-31-33-35-37-42-47-44-39-40-46(7-3,8-4)41-45-48-43-38-36-34-32-30-28-26-24-22-20-18-16-14-12-10-6-2/h21-24H,5-20,25-45H2,1-4H3/q+1. The molecule has 0 aliphatic carbocycles. The molecule has 0 saturated heterocycles. The second kappa shape index (κ2) is 40.8.